The van der Waals surface area contributed by atoms with Gasteiger partial charge in [0, 0.05) is 28.3 Å². The van der Waals surface area contributed by atoms with Crippen LogP contribution in [0.3, 0.4) is 0 Å². The minimum atomic E-state index is -5.09. The largest absolute Gasteiger partial charge is 0.505 e. The molecule has 10 rings (SSSR count). The third-order valence-electron chi connectivity index (χ3n) is 13.1. The highest BCUT2D eigenvalue weighted by atomic mass is 32.2. The van der Waals surface area contributed by atoms with E-state index < -0.39 is 58.8 Å². The first-order chi connectivity index (χ1) is 41.6. The Balaban J connectivity index is 0.988. The second-order valence-electron chi connectivity index (χ2n) is 19.3. The van der Waals surface area contributed by atoms with Gasteiger partial charge in [0.1, 0.15) is 33.5 Å². The fourth-order valence-electron chi connectivity index (χ4n) is 8.81. The number of fused-ring (bicyclic) bond motifs is 1. The second-order valence-corrected chi connectivity index (χ2v) is 22.1. The number of rotatable bonds is 20. The lowest BCUT2D eigenvalue weighted by molar-refractivity contribution is -0.604. The van der Waals surface area contributed by atoms with Crippen LogP contribution in [-0.2, 0) is 38.2 Å². The summed E-state index contributed by atoms with van der Waals surface area (Å²) in [5.41, 5.74) is 10.2. The summed E-state index contributed by atoms with van der Waals surface area (Å²) in [6.45, 7) is 6.97. The summed E-state index contributed by atoms with van der Waals surface area (Å²) in [6.07, 6.45) is 6.87. The number of phenols is 1. The van der Waals surface area contributed by atoms with Gasteiger partial charge in [-0.3, -0.25) is 14.4 Å². The molecule has 0 saturated heterocycles. The highest BCUT2D eigenvalue weighted by molar-refractivity contribution is 7.86. The predicted molar refractivity (Wildman–Crippen MR) is 318 cm³/mol. The normalized spacial score (nSPS) is 11.8. The van der Waals surface area contributed by atoms with Gasteiger partial charge in [-0.1, -0.05) is 55.0 Å². The van der Waals surface area contributed by atoms with Gasteiger partial charge in [-0.2, -0.15) is 21.9 Å². The van der Waals surface area contributed by atoms with Crippen molar-refractivity contribution in [2.75, 3.05) is 27.0 Å². The van der Waals surface area contributed by atoms with Crippen LogP contribution in [0.1, 0.15) is 45.1 Å². The van der Waals surface area contributed by atoms with Gasteiger partial charge in [-0.05, 0) is 148 Å². The van der Waals surface area contributed by atoms with Crippen molar-refractivity contribution in [1.82, 2.24) is 29.9 Å². The standard InChI is InChI=1S/C57H49N17O11S2/c1-5-35-11-6-7-13-41(35)62-55-64-54(66-56(68-55)73-22-8-10-34(28-73)30-85-78)61-40-20-21-44(86(79,80)81)43(27-40)70-71-48-33(4)24-37-25-45(87(82,83)84)49(47(58)46(37)50(48)75)72-69-42-26-39(19-16-32(42)3)60-53-63-52(59-38-17-14-31(2)15-18-38)65-57(67-53)74-23-9-12-36(29-74)51(76)77/h6-29H,5,30H2,1-4H3,(H9-2,58,59,60,61,62,63,64,65,66,67,68,69,70,75,76,77,78,79,80,81,82,83,84)/p+2. The Morgan fingerprint density at radius 2 is 1.17 bits per heavy atom. The lowest BCUT2D eigenvalue weighted by atomic mass is 10.0. The van der Waals surface area contributed by atoms with E-state index in [4.69, 9.17) is 11.0 Å². The number of benzene rings is 6. The van der Waals surface area contributed by atoms with Crippen molar-refractivity contribution in [1.29, 1.82) is 0 Å². The molecule has 0 aliphatic carbocycles. The molecule has 11 N–H and O–H groups in total. The second kappa shape index (κ2) is 24.7. The van der Waals surface area contributed by atoms with Gasteiger partial charge >= 0.3 is 41.7 Å². The first-order valence-electron chi connectivity index (χ1n) is 26.0. The molecule has 440 valence electrons. The smallest absolute Gasteiger partial charge is 0.444 e. The van der Waals surface area contributed by atoms with Gasteiger partial charge in [0.25, 0.3) is 20.2 Å². The zero-order valence-corrected chi connectivity index (χ0v) is 47.8. The first-order valence-corrected chi connectivity index (χ1v) is 28.9. The predicted octanol–water partition coefficient (Wildman–Crippen LogP) is 10.5. The van der Waals surface area contributed by atoms with Crippen LogP contribution in [0.15, 0.2) is 176 Å². The summed E-state index contributed by atoms with van der Waals surface area (Å²) in [6, 6.07) is 32.2. The van der Waals surface area contributed by atoms with E-state index in [-0.39, 0.29) is 81.3 Å². The summed E-state index contributed by atoms with van der Waals surface area (Å²) >= 11 is 0. The number of carbonyl (C=O) groups is 1. The maximum absolute atomic E-state index is 13.0. The zero-order valence-electron chi connectivity index (χ0n) is 46.2. The van der Waals surface area contributed by atoms with Crippen molar-refractivity contribution in [3.8, 4) is 17.6 Å². The molecule has 4 aromatic heterocycles. The monoisotopic (exact) mass is 1210 g/mol. The molecule has 0 saturated carbocycles. The Bertz CT molecular complexity index is 4650. The van der Waals surface area contributed by atoms with E-state index in [0.717, 1.165) is 28.9 Å². The number of pyridine rings is 2. The summed E-state index contributed by atoms with van der Waals surface area (Å²) in [5.74, 6) is -1.48. The van der Waals surface area contributed by atoms with Crippen LogP contribution in [0, 0.1) is 20.8 Å². The van der Waals surface area contributed by atoms with Crippen LogP contribution in [0.4, 0.5) is 75.0 Å². The third-order valence-corrected chi connectivity index (χ3v) is 14.9. The highest BCUT2D eigenvalue weighted by Crippen LogP contribution is 2.47. The molecule has 0 aliphatic heterocycles. The van der Waals surface area contributed by atoms with Gasteiger partial charge in [-0.15, -0.1) is 25.3 Å². The molecule has 30 heteroatoms. The number of nitrogens with one attached hydrogen (secondary N) is 4. The first kappa shape index (κ1) is 59.3. The number of aryl methyl sites for hydroxylation is 4. The molecule has 0 radical (unpaired) electrons. The van der Waals surface area contributed by atoms with Gasteiger partial charge in [0.2, 0.25) is 0 Å². The number of aromatic carboxylic acids is 1. The summed E-state index contributed by atoms with van der Waals surface area (Å²) < 4.78 is 75.6. The van der Waals surface area contributed by atoms with Gasteiger partial charge in [0.05, 0.1) is 47.1 Å². The number of carboxylic acids is 1. The maximum atomic E-state index is 13.0. The number of phenolic OH excluding ortho intramolecular Hbond substituents is 1. The van der Waals surface area contributed by atoms with Crippen LogP contribution < -0.4 is 36.1 Å². The molecule has 0 fully saturated rings. The SMILES string of the molecule is CCc1ccccc1Nc1nc(Nc2ccc(S(=O)(=O)O)c(N=Nc3c(C)cc4cc(S(=O)(=O)O)c(N=Nc5cc(Nc6nc(Nc7ccc(C)cc7)nc(-[n+]7cccc(C(=O)O)c7)n6)ccc5C)c(N)c4c3O)c2)nc(-[n+]2cccc(COO)c2)n1. The average molecular weight is 1210 g/mol. The van der Waals surface area contributed by atoms with Crippen LogP contribution >= 0.6 is 0 Å². The zero-order chi connectivity index (χ0) is 61.7. The van der Waals surface area contributed by atoms with E-state index in [2.05, 4.69) is 76.5 Å². The number of nitrogens with zero attached hydrogens (tertiary/aromatic N) is 12. The van der Waals surface area contributed by atoms with Crippen molar-refractivity contribution >= 4 is 112 Å². The van der Waals surface area contributed by atoms with Gasteiger partial charge in [-0.25, -0.2) is 18.8 Å². The van der Waals surface area contributed by atoms with Crippen LogP contribution in [0.25, 0.3) is 22.7 Å². The van der Waals surface area contributed by atoms with Crippen molar-refractivity contribution in [3.05, 3.63) is 179 Å². The van der Waals surface area contributed by atoms with E-state index in [1.807, 2.05) is 62.4 Å². The number of nitrogens with two attached hydrogens (primary N) is 1. The number of aromatic nitrogens is 8. The minimum Gasteiger partial charge on any atom is -0.505 e. The number of para-hydroxylation sites is 1. The molecular formula is C57H51N17O11S2+2. The van der Waals surface area contributed by atoms with Crippen LogP contribution in [-0.4, -0.2) is 77.3 Å². The molecule has 10 aromatic rings. The number of carboxylic acid groups (broad SMARTS) is 1. The van der Waals surface area contributed by atoms with Crippen molar-refractivity contribution in [2.45, 2.75) is 50.5 Å². The molecule has 87 heavy (non-hydrogen) atoms. The fraction of sp³-hybridized carbons (Fsp3) is 0.105. The van der Waals surface area contributed by atoms with Crippen LogP contribution in [0.2, 0.25) is 0 Å². The fourth-order valence-corrected chi connectivity index (χ4v) is 10.1. The number of hydrogen-bond donors (Lipinski definition) is 10. The molecule has 0 amide bonds. The highest BCUT2D eigenvalue weighted by Gasteiger charge is 2.27. The number of azo groups is 2. The topological polar surface area (TPSA) is 404 Å². The van der Waals surface area contributed by atoms with E-state index in [1.165, 1.54) is 54.1 Å². The summed E-state index contributed by atoms with van der Waals surface area (Å²) in [7, 11) is -10.1. The number of anilines is 9. The molecular weight excluding hydrogens is 1160 g/mol. The number of nitrogen functional groups attached to an aromatic ring is 1. The Kier molecular flexibility index (Phi) is 16.9. The van der Waals surface area contributed by atoms with E-state index in [1.54, 1.807) is 54.3 Å². The van der Waals surface area contributed by atoms with Gasteiger partial charge in [0.15, 0.2) is 5.75 Å². The quantitative estimate of drug-likeness (QED) is 0.00846. The Morgan fingerprint density at radius 1 is 0.609 bits per heavy atom. The molecule has 0 aliphatic rings. The molecule has 28 nitrogen and oxygen atoms in total. The molecule has 0 spiro atoms. The Hall–Kier alpha value is -10.9. The third kappa shape index (κ3) is 13.7. The molecule has 4 heterocycles. The number of aromatic hydroxyl groups is 1. The molecule has 0 bridgehead atoms. The van der Waals surface area contributed by atoms with Gasteiger partial charge < -0.3 is 37.2 Å². The lowest BCUT2D eigenvalue weighted by Crippen LogP contribution is -2.34. The Labute approximate surface area is 495 Å². The van der Waals surface area contributed by atoms with Crippen molar-refractivity contribution in [2.24, 2.45) is 20.5 Å². The lowest BCUT2D eigenvalue weighted by Gasteiger charge is -2.14. The molecule has 0 atom stereocenters. The Morgan fingerprint density at radius 3 is 1.80 bits per heavy atom. The summed E-state index contributed by atoms with van der Waals surface area (Å²) in [4.78, 5) is 42.1. The summed E-state index contributed by atoms with van der Waals surface area (Å²) in [5, 5.41) is 60.0. The van der Waals surface area contributed by atoms with E-state index >= 15 is 0 Å². The average Bonchev–Trinajstić information content (AvgIpc) is 1.89. The van der Waals surface area contributed by atoms with E-state index in [0.29, 0.717) is 28.9 Å². The van der Waals surface area contributed by atoms with Crippen molar-refractivity contribution < 1.29 is 60.2 Å². The van der Waals surface area contributed by atoms with Crippen molar-refractivity contribution in [3.63, 3.8) is 0 Å². The number of hydrogen-bond acceptors (Lipinski definition) is 23. The van der Waals surface area contributed by atoms with Crippen LogP contribution in [0.5, 0.6) is 5.75 Å². The molecule has 6 aromatic carbocycles. The maximum Gasteiger partial charge on any atom is 0.444 e. The molecule has 0 unspecified atom stereocenters. The van der Waals surface area contributed by atoms with E-state index in [9.17, 15) is 40.9 Å². The minimum absolute atomic E-state index is 0.0106.